The zero-order chi connectivity index (χ0) is 36.1. The summed E-state index contributed by atoms with van der Waals surface area (Å²) in [6, 6.07) is 14.8. The van der Waals surface area contributed by atoms with Crippen LogP contribution in [0.1, 0.15) is 102 Å². The van der Waals surface area contributed by atoms with Crippen LogP contribution in [-0.2, 0) is 9.59 Å². The predicted octanol–water partition coefficient (Wildman–Crippen LogP) is 12.3. The van der Waals surface area contributed by atoms with Crippen LogP contribution in [0.25, 0.3) is 22.3 Å². The van der Waals surface area contributed by atoms with Crippen LogP contribution in [-0.4, -0.2) is 33.1 Å². The molecular weight excluding hydrogens is 783 g/mol. The van der Waals surface area contributed by atoms with Gasteiger partial charge in [-0.15, -0.1) is 0 Å². The third kappa shape index (κ3) is 7.80. The highest BCUT2D eigenvalue weighted by molar-refractivity contribution is 9.10. The first-order chi connectivity index (χ1) is 23.6. The monoisotopic (exact) mass is 830 g/mol. The molecule has 2 amide bonds. The normalized spacial score (nSPS) is 25.3. The average Bonchev–Trinajstić information content (AvgIpc) is 3.46. The molecule has 3 aromatic rings. The zero-order valence-electron chi connectivity index (χ0n) is 28.7. The molecule has 2 saturated carbocycles. The molecular formula is C42H50BrCl3N2O4. The Kier molecular flexibility index (Phi) is 13.0. The van der Waals surface area contributed by atoms with Crippen LogP contribution in [0.5, 0.6) is 0 Å². The zero-order valence-corrected chi connectivity index (χ0v) is 32.5. The Bertz CT molecular complexity index is 1920. The Hall–Kier alpha value is -2.97. The van der Waals surface area contributed by atoms with Crippen LogP contribution in [0.3, 0.4) is 0 Å². The summed E-state index contributed by atoms with van der Waals surface area (Å²) in [5, 5.41) is 29.7. The number of rotatable bonds is 3. The van der Waals surface area contributed by atoms with Crippen molar-refractivity contribution in [1.29, 1.82) is 0 Å². The lowest BCUT2D eigenvalue weighted by Gasteiger charge is -2.36. The van der Waals surface area contributed by atoms with Crippen LogP contribution in [0.15, 0.2) is 64.5 Å². The lowest BCUT2D eigenvalue weighted by molar-refractivity contribution is -0.117. The van der Waals surface area contributed by atoms with Gasteiger partial charge in [0.05, 0.1) is 27.2 Å². The number of aliphatic hydroxyl groups excluding tert-OH is 2. The molecule has 4 aliphatic rings. The van der Waals surface area contributed by atoms with Crippen molar-refractivity contribution in [2.45, 2.75) is 105 Å². The van der Waals surface area contributed by atoms with Crippen molar-refractivity contribution in [3.63, 3.8) is 0 Å². The molecule has 2 spiro atoms. The number of aliphatic hydroxyl groups is 2. The van der Waals surface area contributed by atoms with E-state index in [-0.39, 0.29) is 38.2 Å². The first-order valence-corrected chi connectivity index (χ1v) is 19.1. The standard InChI is InChI=1S/C23H23Cl2NO2.C17H19BrClNO2.2CH4/c1-13-7-9-23(10-8-13)21(27)20(22(28)26-23)17-12-19(25)18(11-14(17)2)15-3-5-16(24)6-4-15;1-9-3-5-17(6-4-9)15(21)14(16(22)20-17)11-8-13(19)12(18)7-10(11)2;;/h3-6,11-13,27H,7-10H2,1-2H3,(H,26,28);7-9,21H,3-6H2,1-2H3,(H,20,22);2*1H4. The van der Waals surface area contributed by atoms with Crippen LogP contribution in [0, 0.1) is 25.7 Å². The average molecular weight is 833 g/mol. The van der Waals surface area contributed by atoms with Crippen LogP contribution >= 0.6 is 50.7 Å². The van der Waals surface area contributed by atoms with Gasteiger partial charge in [0.2, 0.25) is 0 Å². The van der Waals surface area contributed by atoms with Crippen LogP contribution in [0.4, 0.5) is 0 Å². The summed E-state index contributed by atoms with van der Waals surface area (Å²) in [6.45, 7) is 8.28. The van der Waals surface area contributed by atoms with E-state index in [1.807, 2.05) is 50.2 Å². The second-order valence-electron chi connectivity index (χ2n) is 14.6. The van der Waals surface area contributed by atoms with Crippen molar-refractivity contribution in [2.24, 2.45) is 11.8 Å². The minimum absolute atomic E-state index is 0. The van der Waals surface area contributed by atoms with E-state index in [0.29, 0.717) is 49.2 Å². The van der Waals surface area contributed by atoms with Crippen molar-refractivity contribution < 1.29 is 19.8 Å². The number of nitrogens with one attached hydrogen (secondary N) is 2. The Morgan fingerprint density at radius 3 is 1.50 bits per heavy atom. The second-order valence-corrected chi connectivity index (χ2v) is 16.7. The molecule has 0 radical (unpaired) electrons. The molecule has 2 fully saturated rings. The number of benzene rings is 3. The van der Waals surface area contributed by atoms with Crippen molar-refractivity contribution in [3.05, 3.63) is 102 Å². The molecule has 2 aliphatic carbocycles. The molecule has 0 unspecified atom stereocenters. The number of halogens is 4. The van der Waals surface area contributed by atoms with Gasteiger partial charge in [0.25, 0.3) is 11.8 Å². The number of carbonyl (C=O) groups is 2. The molecule has 4 N–H and O–H groups in total. The van der Waals surface area contributed by atoms with Crippen molar-refractivity contribution in [2.75, 3.05) is 0 Å². The SMILES string of the molecule is C.C.Cc1cc(-c2ccc(Cl)cc2)c(Cl)cc1C1=C(O)C2(CCC(C)CC2)NC1=O.Cc1cc(Br)c(Cl)cc1C1=C(O)C2(CCC(C)CC2)NC1=O. The molecule has 0 bridgehead atoms. The van der Waals surface area contributed by atoms with Gasteiger partial charge in [-0.2, -0.15) is 0 Å². The molecule has 10 heteroatoms. The van der Waals surface area contributed by atoms with Crippen molar-refractivity contribution in [1.82, 2.24) is 10.6 Å². The maximum absolute atomic E-state index is 12.8. The van der Waals surface area contributed by atoms with Gasteiger partial charge in [-0.1, -0.05) is 75.6 Å². The maximum Gasteiger partial charge on any atom is 0.256 e. The molecule has 2 aliphatic heterocycles. The first kappa shape index (κ1) is 41.8. The van der Waals surface area contributed by atoms with Gasteiger partial charge in [0, 0.05) is 20.1 Å². The predicted molar refractivity (Wildman–Crippen MR) is 220 cm³/mol. The van der Waals surface area contributed by atoms with E-state index in [9.17, 15) is 19.8 Å². The Balaban J connectivity index is 0.000000230. The van der Waals surface area contributed by atoms with Gasteiger partial charge in [-0.25, -0.2) is 0 Å². The van der Waals surface area contributed by atoms with E-state index in [2.05, 4.69) is 40.4 Å². The largest absolute Gasteiger partial charge is 0.509 e. The molecule has 2 heterocycles. The molecule has 280 valence electrons. The van der Waals surface area contributed by atoms with Gasteiger partial charge in [-0.05, 0) is 157 Å². The highest BCUT2D eigenvalue weighted by Crippen LogP contribution is 2.46. The summed E-state index contributed by atoms with van der Waals surface area (Å²) in [5.74, 6) is 1.20. The van der Waals surface area contributed by atoms with Gasteiger partial charge >= 0.3 is 0 Å². The Labute approximate surface area is 332 Å². The van der Waals surface area contributed by atoms with E-state index in [0.717, 1.165) is 78.1 Å². The van der Waals surface area contributed by atoms with E-state index in [4.69, 9.17) is 34.8 Å². The summed E-state index contributed by atoms with van der Waals surface area (Å²) in [5.41, 5.74) is 4.57. The summed E-state index contributed by atoms with van der Waals surface area (Å²) in [7, 11) is 0. The highest BCUT2D eigenvalue weighted by Gasteiger charge is 2.49. The van der Waals surface area contributed by atoms with E-state index >= 15 is 0 Å². The van der Waals surface area contributed by atoms with E-state index in [1.54, 1.807) is 12.1 Å². The number of hydrogen-bond acceptors (Lipinski definition) is 4. The smallest absolute Gasteiger partial charge is 0.256 e. The fraction of sp³-hybridized carbons (Fsp3) is 0.429. The quantitative estimate of drug-likeness (QED) is 0.211. The molecule has 52 heavy (non-hydrogen) atoms. The molecule has 3 aromatic carbocycles. The lowest BCUT2D eigenvalue weighted by Crippen LogP contribution is -2.47. The van der Waals surface area contributed by atoms with Crippen molar-refractivity contribution in [3.8, 4) is 11.1 Å². The second kappa shape index (κ2) is 16.2. The lowest BCUT2D eigenvalue weighted by atomic mass is 9.76. The topological polar surface area (TPSA) is 98.7 Å². The summed E-state index contributed by atoms with van der Waals surface area (Å²) in [4.78, 5) is 25.3. The van der Waals surface area contributed by atoms with Gasteiger partial charge in [0.15, 0.2) is 0 Å². The highest BCUT2D eigenvalue weighted by atomic mass is 79.9. The number of hydrogen-bond donors (Lipinski definition) is 4. The van der Waals surface area contributed by atoms with Gasteiger partial charge in [0.1, 0.15) is 11.5 Å². The number of aryl methyl sites for hydroxylation is 2. The number of amides is 2. The minimum atomic E-state index is -0.618. The number of carbonyl (C=O) groups excluding carboxylic acids is 2. The molecule has 0 atom stereocenters. The Morgan fingerprint density at radius 2 is 1.06 bits per heavy atom. The van der Waals surface area contributed by atoms with Gasteiger partial charge in [-0.3, -0.25) is 9.59 Å². The van der Waals surface area contributed by atoms with Gasteiger partial charge < -0.3 is 20.8 Å². The third-order valence-electron chi connectivity index (χ3n) is 11.1. The summed E-state index contributed by atoms with van der Waals surface area (Å²) in [6.07, 6.45) is 7.13. The molecule has 6 nitrogen and oxygen atoms in total. The third-order valence-corrected chi connectivity index (χ3v) is 12.8. The van der Waals surface area contributed by atoms with Crippen LogP contribution in [0.2, 0.25) is 15.1 Å². The Morgan fingerprint density at radius 1 is 0.654 bits per heavy atom. The first-order valence-electron chi connectivity index (χ1n) is 17.2. The molecule has 0 saturated heterocycles. The fourth-order valence-corrected chi connectivity index (χ4v) is 8.84. The maximum atomic E-state index is 12.8. The summed E-state index contributed by atoms with van der Waals surface area (Å²) < 4.78 is 0.787. The molecule has 0 aromatic heterocycles. The molecule has 7 rings (SSSR count). The minimum Gasteiger partial charge on any atom is -0.509 e. The van der Waals surface area contributed by atoms with Crippen molar-refractivity contribution >= 4 is 73.7 Å². The fourth-order valence-electron chi connectivity index (χ4n) is 7.82. The van der Waals surface area contributed by atoms with Crippen LogP contribution < -0.4 is 10.6 Å². The van der Waals surface area contributed by atoms with E-state index < -0.39 is 11.1 Å². The summed E-state index contributed by atoms with van der Waals surface area (Å²) >= 11 is 22.1. The van der Waals surface area contributed by atoms with E-state index in [1.165, 1.54) is 0 Å².